The lowest BCUT2D eigenvalue weighted by molar-refractivity contribution is 0.869. The molecule has 0 bridgehead atoms. The molecule has 0 fully saturated rings. The fourth-order valence-electron chi connectivity index (χ4n) is 1.16. The van der Waals surface area contributed by atoms with Crippen LogP contribution < -0.4 is 5.56 Å². The van der Waals surface area contributed by atoms with Crippen molar-refractivity contribution in [1.29, 1.82) is 0 Å². The minimum Gasteiger partial charge on any atom is -0.301 e. The van der Waals surface area contributed by atoms with Gasteiger partial charge in [0.05, 0.1) is 0 Å². The van der Waals surface area contributed by atoms with Crippen molar-refractivity contribution < 1.29 is 0 Å². The van der Waals surface area contributed by atoms with Gasteiger partial charge in [-0.15, -0.1) is 0 Å². The second kappa shape index (κ2) is 5.42. The molecule has 5 nitrogen and oxygen atoms in total. The van der Waals surface area contributed by atoms with Crippen molar-refractivity contribution in [1.82, 2.24) is 19.9 Å². The van der Waals surface area contributed by atoms with Gasteiger partial charge in [-0.25, -0.2) is 15.0 Å². The van der Waals surface area contributed by atoms with Crippen LogP contribution in [0.5, 0.6) is 0 Å². The van der Waals surface area contributed by atoms with Crippen LogP contribution in [0.15, 0.2) is 37.9 Å². The van der Waals surface area contributed by atoms with Gasteiger partial charge in [0.15, 0.2) is 5.16 Å². The normalized spacial score (nSPS) is 10.5. The smallest absolute Gasteiger partial charge is 0.251 e. The molecule has 2 aromatic rings. The summed E-state index contributed by atoms with van der Waals surface area (Å²) in [6.07, 6.45) is 2.23. The second-order valence-corrected chi connectivity index (χ2v) is 4.96. The van der Waals surface area contributed by atoms with E-state index in [4.69, 9.17) is 0 Å². The summed E-state index contributed by atoms with van der Waals surface area (Å²) in [6.45, 7) is 1.98. The van der Waals surface area contributed by atoms with Crippen LogP contribution in [-0.4, -0.2) is 19.9 Å². The lowest BCUT2D eigenvalue weighted by Crippen LogP contribution is -2.05. The number of aromatic nitrogens is 4. The van der Waals surface area contributed by atoms with Gasteiger partial charge in [0.2, 0.25) is 0 Å². The van der Waals surface area contributed by atoms with Gasteiger partial charge in [0, 0.05) is 24.8 Å². The molecule has 7 heteroatoms. The van der Waals surface area contributed by atoms with Crippen molar-refractivity contribution in [2.24, 2.45) is 0 Å². The highest BCUT2D eigenvalue weighted by atomic mass is 79.9. The molecule has 0 saturated carbocycles. The largest absolute Gasteiger partial charge is 0.301 e. The molecule has 17 heavy (non-hydrogen) atoms. The quantitative estimate of drug-likeness (QED) is 0.693. The highest BCUT2D eigenvalue weighted by Gasteiger charge is 2.05. The summed E-state index contributed by atoms with van der Waals surface area (Å²) in [6, 6.07) is 3.16. The minimum absolute atomic E-state index is 0.175. The number of aryl methyl sites for hydroxylation is 1. The highest BCUT2D eigenvalue weighted by molar-refractivity contribution is 9.10. The van der Waals surface area contributed by atoms with E-state index in [2.05, 4.69) is 35.9 Å². The van der Waals surface area contributed by atoms with Crippen LogP contribution in [0.4, 0.5) is 0 Å². The van der Waals surface area contributed by atoms with Gasteiger partial charge in [0.25, 0.3) is 5.56 Å². The van der Waals surface area contributed by atoms with E-state index in [1.807, 2.05) is 6.92 Å². The number of H-pyrrole nitrogens is 1. The molecular weight excluding hydrogens is 304 g/mol. The molecule has 0 amide bonds. The van der Waals surface area contributed by atoms with Crippen molar-refractivity contribution >= 4 is 27.7 Å². The first-order valence-corrected chi connectivity index (χ1v) is 6.55. The van der Waals surface area contributed by atoms with E-state index in [1.54, 1.807) is 6.07 Å². The van der Waals surface area contributed by atoms with Crippen LogP contribution in [0.3, 0.4) is 0 Å². The van der Waals surface area contributed by atoms with Gasteiger partial charge in [-0.3, -0.25) is 4.79 Å². The number of nitrogens with one attached hydrogen (secondary N) is 1. The fourth-order valence-corrected chi connectivity index (χ4v) is 2.51. The minimum atomic E-state index is -0.175. The lowest BCUT2D eigenvalue weighted by Gasteiger charge is -2.02. The number of hydrogen-bond acceptors (Lipinski definition) is 5. The SMILES string of the molecule is CCc1nc(Br)cc(Sc2nccc(=O)[nH]2)n1. The Labute approximate surface area is 110 Å². The molecule has 2 rings (SSSR count). The van der Waals surface area contributed by atoms with Gasteiger partial charge < -0.3 is 4.98 Å². The molecular formula is C10H9BrN4OS. The Kier molecular flexibility index (Phi) is 3.90. The molecule has 88 valence electrons. The molecule has 1 N–H and O–H groups in total. The van der Waals surface area contributed by atoms with Crippen LogP contribution in [0.25, 0.3) is 0 Å². The molecule has 0 saturated heterocycles. The van der Waals surface area contributed by atoms with Crippen LogP contribution >= 0.6 is 27.7 Å². The van der Waals surface area contributed by atoms with Crippen molar-refractivity contribution in [3.05, 3.63) is 39.1 Å². The molecule has 0 aliphatic rings. The van der Waals surface area contributed by atoms with E-state index in [0.29, 0.717) is 5.16 Å². The van der Waals surface area contributed by atoms with E-state index in [0.717, 1.165) is 21.9 Å². The van der Waals surface area contributed by atoms with E-state index < -0.39 is 0 Å². The van der Waals surface area contributed by atoms with Crippen molar-refractivity contribution in [2.45, 2.75) is 23.5 Å². The summed E-state index contributed by atoms with van der Waals surface area (Å²) < 4.78 is 0.727. The zero-order chi connectivity index (χ0) is 12.3. The predicted octanol–water partition coefficient (Wildman–Crippen LogP) is 2.04. The van der Waals surface area contributed by atoms with Gasteiger partial charge >= 0.3 is 0 Å². The number of rotatable bonds is 3. The summed E-state index contributed by atoms with van der Waals surface area (Å²) in [5, 5.41) is 1.27. The summed E-state index contributed by atoms with van der Waals surface area (Å²) in [4.78, 5) is 26.4. The average molecular weight is 313 g/mol. The van der Waals surface area contributed by atoms with Crippen LogP contribution in [-0.2, 0) is 6.42 Å². The third-order valence-corrected chi connectivity index (χ3v) is 3.11. The molecule has 2 aromatic heterocycles. The summed E-state index contributed by atoms with van der Waals surface area (Å²) in [7, 11) is 0. The van der Waals surface area contributed by atoms with E-state index in [9.17, 15) is 4.79 Å². The van der Waals surface area contributed by atoms with Gasteiger partial charge in [0.1, 0.15) is 15.5 Å². The van der Waals surface area contributed by atoms with Crippen molar-refractivity contribution in [2.75, 3.05) is 0 Å². The Morgan fingerprint density at radius 1 is 1.47 bits per heavy atom. The Bertz CT molecular complexity index is 587. The third-order valence-electron chi connectivity index (χ3n) is 1.88. The molecule has 0 atom stereocenters. The van der Waals surface area contributed by atoms with E-state index >= 15 is 0 Å². The Hall–Kier alpha value is -1.21. The molecule has 0 spiro atoms. The summed E-state index contributed by atoms with van der Waals surface area (Å²) >= 11 is 4.62. The van der Waals surface area contributed by atoms with Gasteiger partial charge in [-0.05, 0) is 27.7 Å². The Morgan fingerprint density at radius 2 is 2.29 bits per heavy atom. The maximum atomic E-state index is 11.1. The maximum absolute atomic E-state index is 11.1. The first kappa shape index (κ1) is 12.3. The number of hydrogen-bond donors (Lipinski definition) is 1. The maximum Gasteiger partial charge on any atom is 0.251 e. The van der Waals surface area contributed by atoms with E-state index in [1.165, 1.54) is 24.0 Å². The Morgan fingerprint density at radius 3 is 3.00 bits per heavy atom. The molecule has 0 aliphatic heterocycles. The molecule has 0 unspecified atom stereocenters. The first-order chi connectivity index (χ1) is 8.17. The standard InChI is InChI=1S/C10H9BrN4OS/c1-2-7-13-6(11)5-9(14-7)17-10-12-4-3-8(16)15-10/h3-5H,2H2,1H3,(H,12,15,16). The number of halogens is 1. The van der Waals surface area contributed by atoms with Crippen molar-refractivity contribution in [3.63, 3.8) is 0 Å². The zero-order valence-corrected chi connectivity index (χ0v) is 11.4. The lowest BCUT2D eigenvalue weighted by atomic mass is 10.4. The van der Waals surface area contributed by atoms with Crippen LogP contribution in [0, 0.1) is 0 Å². The summed E-state index contributed by atoms with van der Waals surface area (Å²) in [5.74, 6) is 0.750. The van der Waals surface area contributed by atoms with Crippen LogP contribution in [0.2, 0.25) is 0 Å². The third kappa shape index (κ3) is 3.37. The van der Waals surface area contributed by atoms with Gasteiger partial charge in [-0.1, -0.05) is 6.92 Å². The predicted molar refractivity (Wildman–Crippen MR) is 68.1 cm³/mol. The monoisotopic (exact) mass is 312 g/mol. The average Bonchev–Trinajstić information content (AvgIpc) is 2.28. The Balaban J connectivity index is 2.29. The molecule has 0 radical (unpaired) electrons. The topological polar surface area (TPSA) is 71.5 Å². The van der Waals surface area contributed by atoms with Crippen LogP contribution in [0.1, 0.15) is 12.7 Å². The molecule has 0 aliphatic carbocycles. The zero-order valence-electron chi connectivity index (χ0n) is 8.98. The molecule has 2 heterocycles. The highest BCUT2D eigenvalue weighted by Crippen LogP contribution is 2.23. The number of nitrogens with zero attached hydrogens (tertiary/aromatic N) is 3. The second-order valence-electron chi connectivity index (χ2n) is 3.14. The van der Waals surface area contributed by atoms with E-state index in [-0.39, 0.29) is 5.56 Å². The molecule has 0 aromatic carbocycles. The fraction of sp³-hybridized carbons (Fsp3) is 0.200. The summed E-state index contributed by atoms with van der Waals surface area (Å²) in [5.41, 5.74) is -0.175. The first-order valence-electron chi connectivity index (χ1n) is 4.94. The van der Waals surface area contributed by atoms with Crippen molar-refractivity contribution in [3.8, 4) is 0 Å². The van der Waals surface area contributed by atoms with Gasteiger partial charge in [-0.2, -0.15) is 0 Å². The number of aromatic amines is 1.